The van der Waals surface area contributed by atoms with E-state index < -0.39 is 11.9 Å². The van der Waals surface area contributed by atoms with E-state index >= 15 is 0 Å². The Morgan fingerprint density at radius 2 is 1.50 bits per heavy atom. The lowest BCUT2D eigenvalue weighted by Crippen LogP contribution is -2.52. The summed E-state index contributed by atoms with van der Waals surface area (Å²) in [6.45, 7) is 5.52. The Kier molecular flexibility index (Phi) is 12.6. The predicted octanol–water partition coefficient (Wildman–Crippen LogP) is 5.74. The molecule has 4 unspecified atom stereocenters. The van der Waals surface area contributed by atoms with E-state index in [0.29, 0.717) is 18.9 Å². The van der Waals surface area contributed by atoms with E-state index in [-0.39, 0.29) is 12.6 Å². The molecule has 0 spiro atoms. The molecule has 2 aliphatic rings. The molecule has 0 aliphatic carbocycles. The van der Waals surface area contributed by atoms with Crippen molar-refractivity contribution in [2.45, 2.75) is 38.1 Å². The number of hydrogen-bond donors (Lipinski definition) is 0. The molecule has 2 aliphatic heterocycles. The summed E-state index contributed by atoms with van der Waals surface area (Å²) in [5.74, 6) is 1.57. The Morgan fingerprint density at radius 3 is 2.20 bits per heavy atom. The van der Waals surface area contributed by atoms with Gasteiger partial charge in [-0.2, -0.15) is 0 Å². The number of quaternary nitrogens is 2. The van der Waals surface area contributed by atoms with Crippen LogP contribution in [0.3, 0.4) is 0 Å². The molecular weight excluding hydrogens is 632 g/mol. The lowest BCUT2D eigenvalue weighted by molar-refractivity contribution is -0.941. The summed E-state index contributed by atoms with van der Waals surface area (Å²) in [6.07, 6.45) is 6.85. The van der Waals surface area contributed by atoms with Crippen molar-refractivity contribution >= 4 is 11.9 Å². The van der Waals surface area contributed by atoms with Gasteiger partial charge >= 0.3 is 11.9 Å². The van der Waals surface area contributed by atoms with Gasteiger partial charge < -0.3 is 32.7 Å². The molecule has 4 atom stereocenters. The number of carbonyl (C=O) groups excluding carboxylic acids is 2. The van der Waals surface area contributed by atoms with Gasteiger partial charge in [-0.15, -0.1) is 0 Å². The van der Waals surface area contributed by atoms with Gasteiger partial charge in [0.15, 0.2) is 11.5 Å². The number of esters is 2. The predicted molar refractivity (Wildman–Crippen MR) is 193 cm³/mol. The maximum Gasteiger partial charge on any atom is 0.331 e. The smallest absolute Gasteiger partial charge is 0.331 e. The molecule has 268 valence electrons. The molecule has 9 heteroatoms. The van der Waals surface area contributed by atoms with Crippen LogP contribution in [0.25, 0.3) is 0 Å². The van der Waals surface area contributed by atoms with E-state index in [1.165, 1.54) is 34.4 Å². The standard InChI is InChI=1S/C41H54N2O7/c1-42(22-18-31-10-7-6-8-11-31)23-19-33(29-42)30-50-41(45)17-16-40(44)49-25-9-21-43(2)24-20-34-27-38(47-4)39(48-5)28-36(34)37(43)26-32-12-14-35(46-3)15-13-32/h6-8,10-17,27-28,33,37H,9,18-26,29-30H2,1-5H3/q+2/b17-16-. The fourth-order valence-electron chi connectivity index (χ4n) is 7.63. The first kappa shape index (κ1) is 36.9. The summed E-state index contributed by atoms with van der Waals surface area (Å²) >= 11 is 0. The molecule has 0 aromatic heterocycles. The van der Waals surface area contributed by atoms with Crippen LogP contribution in [0, 0.1) is 5.92 Å². The third-order valence-electron chi connectivity index (χ3n) is 10.7. The van der Waals surface area contributed by atoms with Crippen molar-refractivity contribution in [2.24, 2.45) is 5.92 Å². The molecule has 50 heavy (non-hydrogen) atoms. The van der Waals surface area contributed by atoms with Crippen LogP contribution < -0.4 is 14.2 Å². The SMILES string of the molecule is COc1ccc(CC2c3cc(OC)c(OC)cc3CC[N+]2(C)CCCOC(=O)/C=C\C(=O)OCC2CC[N+](C)(CCc3ccccc3)C2)cc1. The number of carbonyl (C=O) groups is 2. The van der Waals surface area contributed by atoms with E-state index in [9.17, 15) is 9.59 Å². The Bertz CT molecular complexity index is 1610. The number of rotatable bonds is 16. The van der Waals surface area contributed by atoms with Crippen LogP contribution in [0.5, 0.6) is 17.2 Å². The molecule has 9 nitrogen and oxygen atoms in total. The van der Waals surface area contributed by atoms with E-state index in [1.807, 2.05) is 18.2 Å². The minimum absolute atomic E-state index is 0.165. The van der Waals surface area contributed by atoms with Crippen molar-refractivity contribution in [3.8, 4) is 17.2 Å². The molecule has 0 N–H and O–H groups in total. The summed E-state index contributed by atoms with van der Waals surface area (Å²) in [4.78, 5) is 24.9. The number of nitrogens with zero attached hydrogens (tertiary/aromatic N) is 2. The third-order valence-corrected chi connectivity index (χ3v) is 10.7. The topological polar surface area (TPSA) is 80.3 Å². The fraction of sp³-hybridized carbons (Fsp3) is 0.463. The fourth-order valence-corrected chi connectivity index (χ4v) is 7.63. The number of hydrogen-bond acceptors (Lipinski definition) is 7. The molecule has 0 bridgehead atoms. The summed E-state index contributed by atoms with van der Waals surface area (Å²) in [7, 11) is 9.57. The molecule has 0 saturated carbocycles. The van der Waals surface area contributed by atoms with Gasteiger partial charge in [0, 0.05) is 55.7 Å². The van der Waals surface area contributed by atoms with Gasteiger partial charge in [0.05, 0.1) is 74.8 Å². The highest BCUT2D eigenvalue weighted by atomic mass is 16.5. The Balaban J connectivity index is 1.10. The Hall–Kier alpha value is -4.34. The Labute approximate surface area is 297 Å². The number of likely N-dealkylation sites (tertiary alicyclic amines) is 1. The first-order valence-electron chi connectivity index (χ1n) is 17.7. The summed E-state index contributed by atoms with van der Waals surface area (Å²) < 4.78 is 29.5. The average molecular weight is 687 g/mol. The summed E-state index contributed by atoms with van der Waals surface area (Å²) in [6, 6.07) is 23.2. The summed E-state index contributed by atoms with van der Waals surface area (Å²) in [5.41, 5.74) is 5.08. The number of likely N-dealkylation sites (N-methyl/N-ethyl adjacent to an activating group) is 2. The maximum atomic E-state index is 12.5. The van der Waals surface area contributed by atoms with Crippen molar-refractivity contribution < 1.29 is 42.2 Å². The minimum Gasteiger partial charge on any atom is -0.497 e. The highest BCUT2D eigenvalue weighted by Gasteiger charge is 2.40. The normalized spacial score (nSPS) is 22.9. The highest BCUT2D eigenvalue weighted by Crippen LogP contribution is 2.42. The molecule has 1 fully saturated rings. The zero-order valence-corrected chi connectivity index (χ0v) is 30.4. The van der Waals surface area contributed by atoms with Gasteiger partial charge in [-0.3, -0.25) is 0 Å². The lowest BCUT2D eigenvalue weighted by atomic mass is 9.86. The summed E-state index contributed by atoms with van der Waals surface area (Å²) in [5, 5.41) is 0. The van der Waals surface area contributed by atoms with Crippen LogP contribution >= 0.6 is 0 Å². The largest absolute Gasteiger partial charge is 0.497 e. The van der Waals surface area contributed by atoms with Gasteiger partial charge in [0.2, 0.25) is 0 Å². The van der Waals surface area contributed by atoms with Gasteiger partial charge in [-0.1, -0.05) is 42.5 Å². The third kappa shape index (κ3) is 9.67. The monoisotopic (exact) mass is 686 g/mol. The van der Waals surface area contributed by atoms with E-state index in [2.05, 4.69) is 62.6 Å². The lowest BCUT2D eigenvalue weighted by Gasteiger charge is -2.46. The van der Waals surface area contributed by atoms with Crippen LogP contribution in [-0.4, -0.2) is 102 Å². The first-order chi connectivity index (χ1) is 24.1. The van der Waals surface area contributed by atoms with Crippen molar-refractivity contribution in [1.82, 2.24) is 0 Å². The average Bonchev–Trinajstić information content (AvgIpc) is 3.53. The van der Waals surface area contributed by atoms with Crippen LogP contribution in [0.4, 0.5) is 0 Å². The van der Waals surface area contributed by atoms with Gasteiger partial charge in [0.25, 0.3) is 0 Å². The molecule has 5 rings (SSSR count). The molecule has 0 amide bonds. The highest BCUT2D eigenvalue weighted by molar-refractivity contribution is 5.91. The van der Waals surface area contributed by atoms with Crippen LogP contribution in [-0.2, 0) is 38.3 Å². The zero-order valence-electron chi connectivity index (χ0n) is 30.4. The van der Waals surface area contributed by atoms with Crippen molar-refractivity contribution in [1.29, 1.82) is 0 Å². The molecule has 2 heterocycles. The molecule has 1 saturated heterocycles. The first-order valence-corrected chi connectivity index (χ1v) is 17.7. The van der Waals surface area contributed by atoms with Crippen LogP contribution in [0.15, 0.2) is 78.9 Å². The van der Waals surface area contributed by atoms with E-state index in [0.717, 1.165) is 84.6 Å². The second-order valence-corrected chi connectivity index (χ2v) is 14.3. The molecule has 3 aromatic carbocycles. The zero-order chi connectivity index (χ0) is 35.6. The number of methoxy groups -OCH3 is 3. The van der Waals surface area contributed by atoms with Crippen molar-refractivity contribution in [3.63, 3.8) is 0 Å². The number of ether oxygens (including phenoxy) is 5. The van der Waals surface area contributed by atoms with E-state index in [1.54, 1.807) is 21.3 Å². The second-order valence-electron chi connectivity index (χ2n) is 14.3. The van der Waals surface area contributed by atoms with Gasteiger partial charge in [-0.05, 0) is 41.0 Å². The van der Waals surface area contributed by atoms with E-state index in [4.69, 9.17) is 23.7 Å². The molecule has 3 aromatic rings. The van der Waals surface area contributed by atoms with Crippen LogP contribution in [0.2, 0.25) is 0 Å². The second kappa shape index (κ2) is 17.1. The number of benzene rings is 3. The van der Waals surface area contributed by atoms with Crippen molar-refractivity contribution in [3.05, 3.63) is 101 Å². The quantitative estimate of drug-likeness (QED) is 0.0823. The minimum atomic E-state index is -0.536. The molecular formula is C41H54N2O7+2. The Morgan fingerprint density at radius 1 is 0.800 bits per heavy atom. The van der Waals surface area contributed by atoms with Crippen molar-refractivity contribution in [2.75, 3.05) is 81.4 Å². The maximum absolute atomic E-state index is 12.5. The van der Waals surface area contributed by atoms with Gasteiger partial charge in [-0.25, -0.2) is 9.59 Å². The van der Waals surface area contributed by atoms with Gasteiger partial charge in [0.1, 0.15) is 18.4 Å². The van der Waals surface area contributed by atoms with Crippen LogP contribution in [0.1, 0.15) is 41.1 Å². The molecule has 0 radical (unpaired) electrons. The number of fused-ring (bicyclic) bond motifs is 1.